The second-order valence-electron chi connectivity index (χ2n) is 7.02. The first-order valence-electron chi connectivity index (χ1n) is 9.14. The molecule has 0 spiro atoms. The molecule has 0 bridgehead atoms. The molecule has 0 saturated carbocycles. The Morgan fingerprint density at radius 3 is 2.46 bits per heavy atom. The first-order valence-corrected chi connectivity index (χ1v) is 9.14. The predicted molar refractivity (Wildman–Crippen MR) is 103 cm³/mol. The molecule has 8 nitrogen and oxygen atoms in total. The highest BCUT2D eigenvalue weighted by Crippen LogP contribution is 2.38. The number of carbonyl (C=O) groups excluding carboxylic acids is 1. The van der Waals surface area contributed by atoms with Gasteiger partial charge in [0.15, 0.2) is 0 Å². The van der Waals surface area contributed by atoms with Gasteiger partial charge in [-0.2, -0.15) is 0 Å². The van der Waals surface area contributed by atoms with Gasteiger partial charge in [-0.15, -0.1) is 0 Å². The van der Waals surface area contributed by atoms with Crippen molar-refractivity contribution in [3.8, 4) is 0 Å². The second-order valence-corrected chi connectivity index (χ2v) is 7.02. The number of carboxylic acids is 1. The van der Waals surface area contributed by atoms with Crippen molar-refractivity contribution in [3.05, 3.63) is 63.7 Å². The van der Waals surface area contributed by atoms with Crippen LogP contribution in [-0.4, -0.2) is 41.5 Å². The molecule has 2 aromatic rings. The zero-order valence-electron chi connectivity index (χ0n) is 15.1. The van der Waals surface area contributed by atoms with E-state index in [1.54, 1.807) is 36.4 Å². The quantitative estimate of drug-likeness (QED) is 0.645. The highest BCUT2D eigenvalue weighted by atomic mass is 16.6. The van der Waals surface area contributed by atoms with E-state index in [9.17, 15) is 24.8 Å². The Morgan fingerprint density at radius 2 is 1.79 bits per heavy atom. The van der Waals surface area contributed by atoms with Crippen LogP contribution in [0, 0.1) is 10.1 Å². The summed E-state index contributed by atoms with van der Waals surface area (Å²) in [6.07, 6.45) is 1.97. The van der Waals surface area contributed by atoms with Gasteiger partial charge in [0.25, 0.3) is 11.6 Å². The van der Waals surface area contributed by atoms with E-state index in [1.165, 1.54) is 11.0 Å². The minimum absolute atomic E-state index is 0.00911. The fourth-order valence-corrected chi connectivity index (χ4v) is 3.99. The number of hydrogen-bond acceptors (Lipinski definition) is 5. The molecule has 144 valence electrons. The second kappa shape index (κ2) is 6.95. The van der Waals surface area contributed by atoms with Crippen LogP contribution in [0.25, 0.3) is 0 Å². The van der Waals surface area contributed by atoms with E-state index in [1.807, 2.05) is 4.90 Å². The van der Waals surface area contributed by atoms with Crippen LogP contribution in [0.5, 0.6) is 0 Å². The molecule has 0 aromatic heterocycles. The molecule has 1 unspecified atom stereocenters. The molecule has 0 aliphatic carbocycles. The molecule has 2 aliphatic rings. The molecular weight excluding hydrogens is 362 g/mol. The van der Waals surface area contributed by atoms with Crippen LogP contribution in [0.15, 0.2) is 42.5 Å². The summed E-state index contributed by atoms with van der Waals surface area (Å²) in [4.78, 5) is 39.1. The smallest absolute Gasteiger partial charge is 0.312 e. The number of aliphatic carboxylic acids is 1. The van der Waals surface area contributed by atoms with Gasteiger partial charge in [-0.3, -0.25) is 19.7 Å². The number of para-hydroxylation sites is 1. The van der Waals surface area contributed by atoms with E-state index in [4.69, 9.17) is 0 Å². The maximum atomic E-state index is 13.1. The maximum absolute atomic E-state index is 13.1. The zero-order chi connectivity index (χ0) is 19.8. The minimum Gasteiger partial charge on any atom is -0.481 e. The Labute approximate surface area is 161 Å². The SMILES string of the molecule is O=C(O)C1CN(C(=O)c2ccc(N3CCCC3)c([N+](=O)[O-])c2)c2ccccc21. The number of amides is 1. The van der Waals surface area contributed by atoms with Crippen molar-refractivity contribution in [2.75, 3.05) is 29.4 Å². The standard InChI is InChI=1S/C20H19N3O5/c24-19(22-12-15(20(25)26)14-5-1-2-6-16(14)22)13-7-8-17(18(11-13)23(27)28)21-9-3-4-10-21/h1-2,5-8,11,15H,3-4,9-10,12H2,(H,25,26). The van der Waals surface area contributed by atoms with E-state index >= 15 is 0 Å². The van der Waals surface area contributed by atoms with Gasteiger partial charge >= 0.3 is 5.97 Å². The average molecular weight is 381 g/mol. The number of nitro groups is 1. The van der Waals surface area contributed by atoms with Crippen molar-refractivity contribution in [3.63, 3.8) is 0 Å². The minimum atomic E-state index is -1.00. The number of fused-ring (bicyclic) bond motifs is 1. The number of carboxylic acid groups (broad SMARTS) is 1. The van der Waals surface area contributed by atoms with Crippen LogP contribution >= 0.6 is 0 Å². The van der Waals surface area contributed by atoms with E-state index in [0.29, 0.717) is 16.9 Å². The summed E-state index contributed by atoms with van der Waals surface area (Å²) in [5.74, 6) is -2.25. The fourth-order valence-electron chi connectivity index (χ4n) is 3.99. The summed E-state index contributed by atoms with van der Waals surface area (Å²) < 4.78 is 0. The number of benzene rings is 2. The molecule has 2 heterocycles. The average Bonchev–Trinajstić information content (AvgIpc) is 3.35. The topological polar surface area (TPSA) is 104 Å². The zero-order valence-corrected chi connectivity index (χ0v) is 15.1. The lowest BCUT2D eigenvalue weighted by Crippen LogP contribution is -2.31. The molecule has 8 heteroatoms. The van der Waals surface area contributed by atoms with E-state index in [2.05, 4.69) is 0 Å². The van der Waals surface area contributed by atoms with Gasteiger partial charge in [-0.05, 0) is 36.6 Å². The lowest BCUT2D eigenvalue weighted by molar-refractivity contribution is -0.384. The van der Waals surface area contributed by atoms with Crippen molar-refractivity contribution in [2.24, 2.45) is 0 Å². The maximum Gasteiger partial charge on any atom is 0.312 e. The molecule has 2 aromatic carbocycles. The van der Waals surface area contributed by atoms with Crippen molar-refractivity contribution in [1.29, 1.82) is 0 Å². The van der Waals surface area contributed by atoms with Gasteiger partial charge in [0.1, 0.15) is 11.6 Å². The summed E-state index contributed by atoms with van der Waals surface area (Å²) in [5, 5.41) is 21.1. The first-order chi connectivity index (χ1) is 13.5. The molecule has 1 N–H and O–H groups in total. The number of hydrogen-bond donors (Lipinski definition) is 1. The molecule has 1 fully saturated rings. The van der Waals surface area contributed by atoms with Gasteiger partial charge in [0, 0.05) is 37.0 Å². The highest BCUT2D eigenvalue weighted by Gasteiger charge is 2.37. The van der Waals surface area contributed by atoms with Crippen LogP contribution < -0.4 is 9.80 Å². The molecule has 2 aliphatic heterocycles. The summed E-state index contributed by atoms with van der Waals surface area (Å²) in [6.45, 7) is 1.52. The van der Waals surface area contributed by atoms with Gasteiger partial charge in [-0.25, -0.2) is 0 Å². The lowest BCUT2D eigenvalue weighted by atomic mass is 10.0. The fraction of sp³-hybridized carbons (Fsp3) is 0.300. The predicted octanol–water partition coefficient (Wildman–Crippen LogP) is 3.02. The third-order valence-electron chi connectivity index (χ3n) is 5.38. The van der Waals surface area contributed by atoms with Crippen LogP contribution in [0.2, 0.25) is 0 Å². The third kappa shape index (κ3) is 2.96. The van der Waals surface area contributed by atoms with E-state index in [-0.39, 0.29) is 17.8 Å². The van der Waals surface area contributed by atoms with Crippen LogP contribution in [0.4, 0.5) is 17.1 Å². The normalized spacial score (nSPS) is 18.2. The van der Waals surface area contributed by atoms with Crippen LogP contribution in [-0.2, 0) is 4.79 Å². The number of rotatable bonds is 4. The Kier molecular flexibility index (Phi) is 4.46. The highest BCUT2D eigenvalue weighted by molar-refractivity contribution is 6.09. The van der Waals surface area contributed by atoms with E-state index in [0.717, 1.165) is 25.9 Å². The molecular formula is C20H19N3O5. The Hall–Kier alpha value is -3.42. The molecule has 28 heavy (non-hydrogen) atoms. The number of nitro benzene ring substituents is 1. The molecule has 1 atom stereocenters. The number of carbonyl (C=O) groups is 2. The summed E-state index contributed by atoms with van der Waals surface area (Å²) in [5.41, 5.74) is 1.70. The lowest BCUT2D eigenvalue weighted by Gasteiger charge is -2.20. The van der Waals surface area contributed by atoms with Crippen molar-refractivity contribution < 1.29 is 19.6 Å². The summed E-state index contributed by atoms with van der Waals surface area (Å²) in [7, 11) is 0. The Bertz CT molecular complexity index is 968. The van der Waals surface area contributed by atoms with Crippen LogP contribution in [0.1, 0.15) is 34.7 Å². The summed E-state index contributed by atoms with van der Waals surface area (Å²) >= 11 is 0. The molecule has 4 rings (SSSR count). The summed E-state index contributed by atoms with van der Waals surface area (Å²) in [6, 6.07) is 11.4. The first kappa shape index (κ1) is 18.0. The largest absolute Gasteiger partial charge is 0.481 e. The van der Waals surface area contributed by atoms with Crippen molar-refractivity contribution in [1.82, 2.24) is 0 Å². The Balaban J connectivity index is 1.70. The Morgan fingerprint density at radius 1 is 1.07 bits per heavy atom. The van der Waals surface area contributed by atoms with Gasteiger partial charge in [0.05, 0.1) is 4.92 Å². The molecule has 1 amide bonds. The van der Waals surface area contributed by atoms with Gasteiger partial charge in [0.2, 0.25) is 0 Å². The van der Waals surface area contributed by atoms with Gasteiger partial charge < -0.3 is 14.9 Å². The van der Waals surface area contributed by atoms with Crippen molar-refractivity contribution >= 4 is 28.9 Å². The number of nitrogens with zero attached hydrogens (tertiary/aromatic N) is 3. The molecule has 1 saturated heterocycles. The van der Waals surface area contributed by atoms with Crippen molar-refractivity contribution in [2.45, 2.75) is 18.8 Å². The van der Waals surface area contributed by atoms with Crippen LogP contribution in [0.3, 0.4) is 0 Å². The molecule has 0 radical (unpaired) electrons. The number of anilines is 2. The van der Waals surface area contributed by atoms with E-state index < -0.39 is 22.7 Å². The third-order valence-corrected chi connectivity index (χ3v) is 5.38. The monoisotopic (exact) mass is 381 g/mol. The van der Waals surface area contributed by atoms with Gasteiger partial charge in [-0.1, -0.05) is 18.2 Å².